The number of alkyl halides is 3. The highest BCUT2D eigenvalue weighted by atomic mass is 32.2. The van der Waals surface area contributed by atoms with Crippen molar-refractivity contribution in [2.75, 3.05) is 11.5 Å². The fraction of sp³-hybridized carbons (Fsp3) is 0.467. The zero-order valence-corrected chi connectivity index (χ0v) is 14.7. The van der Waals surface area contributed by atoms with E-state index in [1.54, 1.807) is 0 Å². The lowest BCUT2D eigenvalue weighted by molar-refractivity contribution is -0.385. The third-order valence-electron chi connectivity index (χ3n) is 4.06. The number of nitrogens with zero attached hydrogens (tertiary/aromatic N) is 1. The van der Waals surface area contributed by atoms with Crippen LogP contribution in [0, 0.1) is 17.0 Å². The van der Waals surface area contributed by atoms with Crippen LogP contribution in [0.5, 0.6) is 0 Å². The van der Waals surface area contributed by atoms with Gasteiger partial charge < -0.3 is 10.1 Å². The second-order valence-corrected chi connectivity index (χ2v) is 8.26. The van der Waals surface area contributed by atoms with Crippen molar-refractivity contribution in [1.29, 1.82) is 0 Å². The first-order valence-electron chi connectivity index (χ1n) is 7.54. The standard InChI is InChI=1S/C15H17F3N2O5S/c1-3-14(21,7-26(24,25)8-15(16,17)18)13-6-10-5-12(20(22)23)9(2)4-11(10)19-13/h4-6,19,21H,3,7-8H2,1-2H3. The molecule has 26 heavy (non-hydrogen) atoms. The van der Waals surface area contributed by atoms with E-state index in [4.69, 9.17) is 0 Å². The molecule has 2 aromatic rings. The lowest BCUT2D eigenvalue weighted by Gasteiger charge is -2.25. The molecule has 0 aliphatic carbocycles. The van der Waals surface area contributed by atoms with Crippen LogP contribution in [0.2, 0.25) is 0 Å². The fourth-order valence-electron chi connectivity index (χ4n) is 2.76. The highest BCUT2D eigenvalue weighted by Gasteiger charge is 2.41. The van der Waals surface area contributed by atoms with Gasteiger partial charge in [0.15, 0.2) is 9.84 Å². The van der Waals surface area contributed by atoms with E-state index in [0.717, 1.165) is 0 Å². The summed E-state index contributed by atoms with van der Waals surface area (Å²) < 4.78 is 60.9. The summed E-state index contributed by atoms with van der Waals surface area (Å²) in [6.45, 7) is 2.94. The van der Waals surface area contributed by atoms with Crippen LogP contribution in [-0.2, 0) is 15.4 Å². The van der Waals surface area contributed by atoms with Gasteiger partial charge in [-0.3, -0.25) is 10.1 Å². The van der Waals surface area contributed by atoms with Crippen LogP contribution in [0.15, 0.2) is 18.2 Å². The first-order valence-corrected chi connectivity index (χ1v) is 9.36. The molecule has 0 fully saturated rings. The zero-order valence-electron chi connectivity index (χ0n) is 13.9. The van der Waals surface area contributed by atoms with Gasteiger partial charge >= 0.3 is 6.18 Å². The van der Waals surface area contributed by atoms with Crippen LogP contribution >= 0.6 is 0 Å². The Hall–Kier alpha value is -2.14. The molecule has 0 saturated carbocycles. The molecule has 7 nitrogen and oxygen atoms in total. The van der Waals surface area contributed by atoms with Gasteiger partial charge in [-0.05, 0) is 25.5 Å². The highest BCUT2D eigenvalue weighted by molar-refractivity contribution is 7.91. The summed E-state index contributed by atoms with van der Waals surface area (Å²) in [6, 6.07) is 4.02. The summed E-state index contributed by atoms with van der Waals surface area (Å²) in [6.07, 6.45) is -5.08. The number of benzene rings is 1. The second-order valence-electron chi connectivity index (χ2n) is 6.20. The molecule has 1 heterocycles. The average molecular weight is 394 g/mol. The number of H-pyrrole nitrogens is 1. The summed E-state index contributed by atoms with van der Waals surface area (Å²) in [5.41, 5.74) is -1.50. The summed E-state index contributed by atoms with van der Waals surface area (Å²) in [5, 5.41) is 22.0. The molecule has 2 N–H and O–H groups in total. The zero-order chi connectivity index (χ0) is 19.9. The van der Waals surface area contributed by atoms with Gasteiger partial charge in [-0.1, -0.05) is 6.92 Å². The number of aromatic amines is 1. The SMILES string of the molecule is CCC(O)(CS(=O)(=O)CC(F)(F)F)c1cc2cc([N+](=O)[O-])c(C)cc2[nH]1. The predicted molar refractivity (Wildman–Crippen MR) is 88.6 cm³/mol. The predicted octanol–water partition coefficient (Wildman–Crippen LogP) is 2.96. The van der Waals surface area contributed by atoms with E-state index in [1.807, 2.05) is 0 Å². The first-order chi connectivity index (χ1) is 11.8. The summed E-state index contributed by atoms with van der Waals surface area (Å²) >= 11 is 0. The molecule has 0 amide bonds. The lowest BCUT2D eigenvalue weighted by atomic mass is 9.99. The Kier molecular flexibility index (Phi) is 5.08. The number of nitro groups is 1. The van der Waals surface area contributed by atoms with E-state index < -0.39 is 38.0 Å². The van der Waals surface area contributed by atoms with Gasteiger partial charge in [-0.15, -0.1) is 0 Å². The molecule has 1 aromatic heterocycles. The number of aliphatic hydroxyl groups is 1. The Morgan fingerprint density at radius 3 is 2.35 bits per heavy atom. The minimum Gasteiger partial charge on any atom is -0.383 e. The number of fused-ring (bicyclic) bond motifs is 1. The van der Waals surface area contributed by atoms with E-state index in [-0.39, 0.29) is 17.8 Å². The third-order valence-corrected chi connectivity index (χ3v) is 5.75. The maximum absolute atomic E-state index is 12.4. The monoisotopic (exact) mass is 394 g/mol. The number of aromatic nitrogens is 1. The first kappa shape index (κ1) is 20.2. The largest absolute Gasteiger partial charge is 0.402 e. The molecule has 0 bridgehead atoms. The van der Waals surface area contributed by atoms with Gasteiger partial charge in [0.25, 0.3) is 5.69 Å². The molecule has 11 heteroatoms. The van der Waals surface area contributed by atoms with E-state index in [1.165, 1.54) is 32.0 Å². The number of hydrogen-bond donors (Lipinski definition) is 2. The lowest BCUT2D eigenvalue weighted by Crippen LogP contribution is -2.38. The molecular weight excluding hydrogens is 377 g/mol. The van der Waals surface area contributed by atoms with Crippen molar-refractivity contribution < 1.29 is 31.6 Å². The van der Waals surface area contributed by atoms with Crippen LogP contribution in [-0.4, -0.2) is 41.1 Å². The van der Waals surface area contributed by atoms with Crippen molar-refractivity contribution in [2.24, 2.45) is 0 Å². The van der Waals surface area contributed by atoms with Crippen molar-refractivity contribution in [3.05, 3.63) is 39.6 Å². The van der Waals surface area contributed by atoms with Gasteiger partial charge in [0, 0.05) is 28.2 Å². The van der Waals surface area contributed by atoms with Gasteiger partial charge in [0.05, 0.1) is 10.7 Å². The Bertz CT molecular complexity index is 952. The van der Waals surface area contributed by atoms with Crippen LogP contribution in [0.1, 0.15) is 24.6 Å². The number of sulfone groups is 1. The number of aryl methyl sites for hydroxylation is 1. The Morgan fingerprint density at radius 1 is 1.23 bits per heavy atom. The van der Waals surface area contributed by atoms with Crippen molar-refractivity contribution in [1.82, 2.24) is 4.98 Å². The molecule has 0 aliphatic rings. The van der Waals surface area contributed by atoms with Gasteiger partial charge in [0.2, 0.25) is 0 Å². The molecule has 1 unspecified atom stereocenters. The number of nitro benzene ring substituents is 1. The minimum atomic E-state index is -4.91. The van der Waals surface area contributed by atoms with Crippen LogP contribution in [0.3, 0.4) is 0 Å². The average Bonchev–Trinajstić information content (AvgIpc) is 2.86. The summed E-state index contributed by atoms with van der Waals surface area (Å²) in [5.74, 6) is -3.16. The topological polar surface area (TPSA) is 113 Å². The minimum absolute atomic E-state index is 0.0133. The van der Waals surface area contributed by atoms with Crippen molar-refractivity contribution in [3.8, 4) is 0 Å². The van der Waals surface area contributed by atoms with Crippen molar-refractivity contribution in [3.63, 3.8) is 0 Å². The van der Waals surface area contributed by atoms with E-state index in [0.29, 0.717) is 16.5 Å². The Morgan fingerprint density at radius 2 is 1.85 bits per heavy atom. The van der Waals surface area contributed by atoms with E-state index >= 15 is 0 Å². The van der Waals surface area contributed by atoms with Gasteiger partial charge in [-0.2, -0.15) is 13.2 Å². The maximum Gasteiger partial charge on any atom is 0.402 e. The van der Waals surface area contributed by atoms with Crippen LogP contribution in [0.4, 0.5) is 18.9 Å². The maximum atomic E-state index is 12.4. The van der Waals surface area contributed by atoms with Crippen molar-refractivity contribution >= 4 is 26.4 Å². The summed E-state index contributed by atoms with van der Waals surface area (Å²) in [7, 11) is -4.63. The molecule has 144 valence electrons. The highest BCUT2D eigenvalue weighted by Crippen LogP contribution is 2.33. The molecule has 1 atom stereocenters. The van der Waals surface area contributed by atoms with Gasteiger partial charge in [-0.25, -0.2) is 8.42 Å². The van der Waals surface area contributed by atoms with Crippen LogP contribution in [0.25, 0.3) is 10.9 Å². The third kappa shape index (κ3) is 4.33. The summed E-state index contributed by atoms with van der Waals surface area (Å²) in [4.78, 5) is 13.2. The molecule has 0 aliphatic heterocycles. The molecule has 0 radical (unpaired) electrons. The number of nitrogens with one attached hydrogen (secondary N) is 1. The van der Waals surface area contributed by atoms with E-state index in [2.05, 4.69) is 4.98 Å². The fourth-order valence-corrected chi connectivity index (χ4v) is 4.45. The molecule has 0 spiro atoms. The Balaban J connectivity index is 2.47. The molecule has 1 aromatic carbocycles. The number of halogens is 3. The van der Waals surface area contributed by atoms with Crippen LogP contribution < -0.4 is 0 Å². The number of hydrogen-bond acceptors (Lipinski definition) is 5. The molecular formula is C15H17F3N2O5S. The Labute approximate surface area is 146 Å². The number of rotatable bonds is 6. The molecule has 2 rings (SSSR count). The smallest absolute Gasteiger partial charge is 0.383 e. The second kappa shape index (κ2) is 6.54. The quantitative estimate of drug-likeness (QED) is 0.578. The van der Waals surface area contributed by atoms with E-state index in [9.17, 15) is 36.8 Å². The van der Waals surface area contributed by atoms with Gasteiger partial charge in [0.1, 0.15) is 11.4 Å². The van der Waals surface area contributed by atoms with Crippen molar-refractivity contribution in [2.45, 2.75) is 32.0 Å². The molecule has 0 saturated heterocycles. The normalized spacial score (nSPS) is 15.2.